The van der Waals surface area contributed by atoms with Gasteiger partial charge in [-0.25, -0.2) is 0 Å². The highest BCUT2D eigenvalue weighted by molar-refractivity contribution is 6.32. The quantitative estimate of drug-likeness (QED) is 0.0927. The van der Waals surface area contributed by atoms with Gasteiger partial charge in [0.05, 0.1) is 32.3 Å². The van der Waals surface area contributed by atoms with Crippen LogP contribution in [0.4, 0.5) is 0 Å². The number of hydrogen-bond acceptors (Lipinski definition) is 10. The highest BCUT2D eigenvalue weighted by Crippen LogP contribution is 2.36. The number of ether oxygens (including phenoxy) is 4. The van der Waals surface area contributed by atoms with Gasteiger partial charge in [0.2, 0.25) is 0 Å². The monoisotopic (exact) mass is 768 g/mol. The molecule has 0 amide bonds. The zero-order chi connectivity index (χ0) is 38.7. The summed E-state index contributed by atoms with van der Waals surface area (Å²) in [6, 6.07) is 27.4. The number of aldehydes is 2. The van der Waals surface area contributed by atoms with Crippen molar-refractivity contribution in [2.24, 2.45) is 0 Å². The molecular weight excluding hydrogens is 739 g/mol. The third kappa shape index (κ3) is 9.45. The van der Waals surface area contributed by atoms with E-state index < -0.39 is 0 Å². The van der Waals surface area contributed by atoms with Gasteiger partial charge in [-0.15, -0.1) is 0 Å². The minimum Gasteiger partial charge on any atom is -0.488 e. The van der Waals surface area contributed by atoms with E-state index in [0.29, 0.717) is 46.3 Å². The van der Waals surface area contributed by atoms with E-state index in [0.717, 1.165) is 27.8 Å². The first-order valence-corrected chi connectivity index (χ1v) is 17.5. The van der Waals surface area contributed by atoms with E-state index in [1.54, 1.807) is 36.7 Å². The average molecular weight is 770 g/mol. The molecule has 0 saturated carbocycles. The van der Waals surface area contributed by atoms with Crippen LogP contribution < -0.4 is 18.9 Å². The first-order chi connectivity index (χ1) is 26.8. The summed E-state index contributed by atoms with van der Waals surface area (Å²) in [5, 5.41) is 18.8. The summed E-state index contributed by atoms with van der Waals surface area (Å²) in [5.74, 6) is 1.25. The third-order valence-corrected chi connectivity index (χ3v) is 9.07. The third-order valence-electron chi connectivity index (χ3n) is 8.48. The zero-order valence-electron chi connectivity index (χ0n) is 29.3. The number of halogens is 2. The van der Waals surface area contributed by atoms with Crippen molar-refractivity contribution in [1.82, 2.24) is 9.97 Å². The Hall–Kier alpha value is -6.72. The molecule has 2 aromatic heterocycles. The van der Waals surface area contributed by atoms with Crippen LogP contribution in [0.5, 0.6) is 23.0 Å². The van der Waals surface area contributed by atoms with E-state index in [1.165, 1.54) is 24.5 Å². The predicted octanol–water partition coefficient (Wildman–Crippen LogP) is 9.44. The lowest BCUT2D eigenvalue weighted by Crippen LogP contribution is -2.03. The molecule has 0 spiro atoms. The fourth-order valence-electron chi connectivity index (χ4n) is 5.63. The molecule has 0 N–H and O–H groups in total. The van der Waals surface area contributed by atoms with E-state index in [-0.39, 0.29) is 59.1 Å². The SMILES string of the molecule is Cc1c(COc2cc(OCc3cncc(C#N)c3)c(C=O)cc2Cl)cccc1-c1cccc(COc2cc(OCc3cncc(C#N)c3)c(C=O)cc2Cl)c1. The van der Waals surface area contributed by atoms with Crippen LogP contribution in [0.25, 0.3) is 11.1 Å². The van der Waals surface area contributed by atoms with Crippen LogP contribution >= 0.6 is 23.2 Å². The molecule has 0 radical (unpaired) electrons. The number of benzene rings is 4. The van der Waals surface area contributed by atoms with Crippen LogP contribution in [0.15, 0.2) is 104 Å². The highest BCUT2D eigenvalue weighted by atomic mass is 35.5. The van der Waals surface area contributed by atoms with Crippen molar-refractivity contribution in [2.45, 2.75) is 33.4 Å². The molecule has 0 saturated heterocycles. The van der Waals surface area contributed by atoms with Crippen molar-refractivity contribution in [3.05, 3.63) is 164 Å². The van der Waals surface area contributed by atoms with Gasteiger partial charge >= 0.3 is 0 Å². The Labute approximate surface area is 327 Å². The van der Waals surface area contributed by atoms with Crippen LogP contribution in [0.2, 0.25) is 10.0 Å². The molecule has 6 rings (SSSR count). The Morgan fingerprint density at radius 3 is 1.65 bits per heavy atom. The number of carbonyl (C=O) groups is 2. The second kappa shape index (κ2) is 17.9. The molecular formula is C43H30Cl2N4O6. The summed E-state index contributed by atoms with van der Waals surface area (Å²) in [6.45, 7) is 2.56. The summed E-state index contributed by atoms with van der Waals surface area (Å²) in [6.07, 6.45) is 7.40. The first kappa shape index (κ1) is 38.0. The number of nitriles is 2. The largest absolute Gasteiger partial charge is 0.488 e. The fraction of sp³-hybridized carbons (Fsp3) is 0.116. The molecule has 4 aromatic carbocycles. The Morgan fingerprint density at radius 1 is 0.600 bits per heavy atom. The van der Waals surface area contributed by atoms with E-state index in [9.17, 15) is 9.59 Å². The van der Waals surface area contributed by atoms with Crippen molar-refractivity contribution in [3.63, 3.8) is 0 Å². The lowest BCUT2D eigenvalue weighted by molar-refractivity contribution is 0.111. The van der Waals surface area contributed by atoms with Crippen LogP contribution in [0, 0.1) is 29.6 Å². The lowest BCUT2D eigenvalue weighted by atomic mass is 9.95. The van der Waals surface area contributed by atoms with Gasteiger partial charge in [0.1, 0.15) is 61.6 Å². The van der Waals surface area contributed by atoms with Gasteiger partial charge in [-0.1, -0.05) is 59.6 Å². The molecule has 55 heavy (non-hydrogen) atoms. The Morgan fingerprint density at radius 2 is 1.11 bits per heavy atom. The number of nitrogens with zero attached hydrogens (tertiary/aromatic N) is 4. The van der Waals surface area contributed by atoms with E-state index >= 15 is 0 Å². The minimum absolute atomic E-state index is 0.0864. The normalized spacial score (nSPS) is 10.5. The van der Waals surface area contributed by atoms with Gasteiger partial charge in [-0.05, 0) is 65.1 Å². The highest BCUT2D eigenvalue weighted by Gasteiger charge is 2.15. The standard InChI is InChI=1S/C43H30Cl2N4O6/c1-27-34(26-55-43-14-41(36(22-51)12-39(43)45)53-25-32-9-30(16-47)18-49-20-32)6-3-7-37(27)33-5-2-4-28(10-33)23-54-42-13-40(35(21-50)11-38(42)44)52-24-31-8-29(15-46)17-48-19-31/h2-14,17-22H,23-26H2,1H3. The maximum Gasteiger partial charge on any atom is 0.153 e. The number of pyridine rings is 2. The van der Waals surface area contributed by atoms with Gasteiger partial charge in [0.25, 0.3) is 0 Å². The summed E-state index contributed by atoms with van der Waals surface area (Å²) < 4.78 is 24.1. The zero-order valence-corrected chi connectivity index (χ0v) is 30.8. The number of carbonyl (C=O) groups excluding carboxylic acids is 2. The molecule has 0 aliphatic carbocycles. The second-order valence-corrected chi connectivity index (χ2v) is 13.0. The molecule has 12 heteroatoms. The fourth-order valence-corrected chi connectivity index (χ4v) is 6.08. The van der Waals surface area contributed by atoms with Crippen molar-refractivity contribution in [2.75, 3.05) is 0 Å². The smallest absolute Gasteiger partial charge is 0.153 e. The first-order valence-electron chi connectivity index (χ1n) is 16.7. The molecule has 0 aliphatic rings. The van der Waals surface area contributed by atoms with Gasteiger partial charge < -0.3 is 18.9 Å². The second-order valence-electron chi connectivity index (χ2n) is 12.2. The molecule has 6 aromatic rings. The van der Waals surface area contributed by atoms with E-state index in [2.05, 4.69) is 9.97 Å². The summed E-state index contributed by atoms with van der Waals surface area (Å²) >= 11 is 13.0. The van der Waals surface area contributed by atoms with Crippen LogP contribution in [-0.2, 0) is 26.4 Å². The van der Waals surface area contributed by atoms with Crippen molar-refractivity contribution < 1.29 is 28.5 Å². The Balaban J connectivity index is 1.14. The maximum absolute atomic E-state index is 11.8. The molecule has 10 nitrogen and oxygen atoms in total. The predicted molar refractivity (Wildman–Crippen MR) is 206 cm³/mol. The molecule has 0 aliphatic heterocycles. The van der Waals surface area contributed by atoms with Crippen molar-refractivity contribution in [3.8, 4) is 46.3 Å². The molecule has 0 bridgehead atoms. The summed E-state index contributed by atoms with van der Waals surface area (Å²) in [5.41, 5.74) is 7.39. The van der Waals surface area contributed by atoms with Gasteiger partial charge in [-0.3, -0.25) is 19.6 Å². The van der Waals surface area contributed by atoms with Gasteiger partial charge in [0, 0.05) is 48.0 Å². The van der Waals surface area contributed by atoms with Crippen LogP contribution in [-0.4, -0.2) is 22.5 Å². The van der Waals surface area contributed by atoms with E-state index in [4.69, 9.17) is 52.7 Å². The maximum atomic E-state index is 11.8. The molecule has 2 heterocycles. The molecule has 0 atom stereocenters. The van der Waals surface area contributed by atoms with Crippen molar-refractivity contribution >= 4 is 35.8 Å². The van der Waals surface area contributed by atoms with Crippen LogP contribution in [0.3, 0.4) is 0 Å². The number of aromatic nitrogens is 2. The Kier molecular flexibility index (Phi) is 12.4. The van der Waals surface area contributed by atoms with Crippen molar-refractivity contribution in [1.29, 1.82) is 10.5 Å². The molecule has 272 valence electrons. The average Bonchev–Trinajstić information content (AvgIpc) is 3.22. The van der Waals surface area contributed by atoms with E-state index in [1.807, 2.05) is 61.5 Å². The van der Waals surface area contributed by atoms with Gasteiger partial charge in [-0.2, -0.15) is 10.5 Å². The molecule has 0 fully saturated rings. The lowest BCUT2D eigenvalue weighted by Gasteiger charge is -2.16. The topological polar surface area (TPSA) is 144 Å². The summed E-state index contributed by atoms with van der Waals surface area (Å²) in [4.78, 5) is 31.7. The van der Waals surface area contributed by atoms with Gasteiger partial charge in [0.15, 0.2) is 12.6 Å². The Bertz CT molecular complexity index is 2480. The molecule has 0 unspecified atom stereocenters. The number of hydrogen-bond donors (Lipinski definition) is 0. The number of rotatable bonds is 15. The van der Waals surface area contributed by atoms with Crippen LogP contribution in [0.1, 0.15) is 59.7 Å². The summed E-state index contributed by atoms with van der Waals surface area (Å²) in [7, 11) is 0. The minimum atomic E-state index is 0.0864.